The van der Waals surface area contributed by atoms with E-state index in [1.807, 2.05) is 0 Å². The molecular weight excluding hydrogens is 128 g/mol. The van der Waals surface area contributed by atoms with Gasteiger partial charge in [0.2, 0.25) is 0 Å². The van der Waals surface area contributed by atoms with Crippen molar-refractivity contribution in [3.63, 3.8) is 0 Å². The lowest BCUT2D eigenvalue weighted by Gasteiger charge is -2.17. The van der Waals surface area contributed by atoms with Crippen LogP contribution in [0.5, 0.6) is 0 Å². The van der Waals surface area contributed by atoms with Gasteiger partial charge in [0, 0.05) is 7.11 Å². The van der Waals surface area contributed by atoms with E-state index in [1.165, 1.54) is 0 Å². The second kappa shape index (κ2) is 5.69. The average Bonchev–Trinajstić information content (AvgIpc) is 1.89. The third-order valence-corrected chi connectivity index (χ3v) is 1.68. The van der Waals surface area contributed by atoms with E-state index in [0.717, 1.165) is 19.3 Å². The molecule has 2 nitrogen and oxygen atoms in total. The monoisotopic (exact) mass is 146 g/mol. The van der Waals surface area contributed by atoms with E-state index >= 15 is 0 Å². The predicted molar refractivity (Wildman–Crippen MR) is 42.0 cm³/mol. The highest BCUT2D eigenvalue weighted by Gasteiger charge is 2.11. The molecule has 2 atom stereocenters. The molecule has 0 saturated carbocycles. The zero-order valence-corrected chi connectivity index (χ0v) is 7.13. The zero-order chi connectivity index (χ0) is 7.98. The van der Waals surface area contributed by atoms with Crippen LogP contribution in [0.4, 0.5) is 0 Å². The minimum absolute atomic E-state index is 0.0277. The van der Waals surface area contributed by atoms with Gasteiger partial charge in [0.25, 0.3) is 0 Å². The van der Waals surface area contributed by atoms with Crippen LogP contribution in [0.3, 0.4) is 0 Å². The van der Waals surface area contributed by atoms with Crippen LogP contribution in [0.25, 0.3) is 0 Å². The molecule has 0 aliphatic rings. The van der Waals surface area contributed by atoms with Crippen molar-refractivity contribution in [1.82, 2.24) is 0 Å². The fourth-order valence-corrected chi connectivity index (χ4v) is 0.961. The molecule has 0 aliphatic heterocycles. The van der Waals surface area contributed by atoms with E-state index in [2.05, 4.69) is 6.92 Å². The Morgan fingerprint density at radius 3 is 2.40 bits per heavy atom. The van der Waals surface area contributed by atoms with Crippen LogP contribution in [0.1, 0.15) is 33.1 Å². The number of aliphatic hydroxyl groups excluding tert-OH is 1. The van der Waals surface area contributed by atoms with Crippen LogP contribution in [0, 0.1) is 0 Å². The van der Waals surface area contributed by atoms with Gasteiger partial charge in [0.05, 0.1) is 12.2 Å². The van der Waals surface area contributed by atoms with E-state index in [4.69, 9.17) is 9.84 Å². The lowest BCUT2D eigenvalue weighted by molar-refractivity contribution is -0.00770. The second-order valence-electron chi connectivity index (χ2n) is 2.66. The van der Waals surface area contributed by atoms with Crippen molar-refractivity contribution < 1.29 is 9.84 Å². The SMILES string of the molecule is CCCCC(OC)C(C)O. The summed E-state index contributed by atoms with van der Waals surface area (Å²) in [7, 11) is 1.65. The first-order valence-electron chi connectivity index (χ1n) is 3.93. The molecule has 0 aromatic carbocycles. The molecule has 10 heavy (non-hydrogen) atoms. The van der Waals surface area contributed by atoms with Gasteiger partial charge < -0.3 is 9.84 Å². The van der Waals surface area contributed by atoms with E-state index in [9.17, 15) is 0 Å². The van der Waals surface area contributed by atoms with Crippen LogP contribution < -0.4 is 0 Å². The minimum Gasteiger partial charge on any atom is -0.391 e. The lowest BCUT2D eigenvalue weighted by Crippen LogP contribution is -2.24. The first-order chi connectivity index (χ1) is 4.72. The number of rotatable bonds is 5. The maximum absolute atomic E-state index is 9.11. The van der Waals surface area contributed by atoms with Crippen LogP contribution in [0.2, 0.25) is 0 Å². The Kier molecular flexibility index (Phi) is 5.64. The lowest BCUT2D eigenvalue weighted by atomic mass is 10.1. The molecule has 0 spiro atoms. The molecule has 2 heteroatoms. The van der Waals surface area contributed by atoms with Gasteiger partial charge >= 0.3 is 0 Å². The van der Waals surface area contributed by atoms with Crippen molar-refractivity contribution in [2.75, 3.05) is 7.11 Å². The highest BCUT2D eigenvalue weighted by atomic mass is 16.5. The van der Waals surface area contributed by atoms with Crippen molar-refractivity contribution in [2.24, 2.45) is 0 Å². The first-order valence-corrected chi connectivity index (χ1v) is 3.93. The van der Waals surface area contributed by atoms with Gasteiger partial charge in [0.15, 0.2) is 0 Å². The largest absolute Gasteiger partial charge is 0.391 e. The molecule has 0 aromatic heterocycles. The molecule has 0 fully saturated rings. The third-order valence-electron chi connectivity index (χ3n) is 1.68. The van der Waals surface area contributed by atoms with Crippen molar-refractivity contribution >= 4 is 0 Å². The molecule has 0 radical (unpaired) electrons. The summed E-state index contributed by atoms with van der Waals surface area (Å²) in [4.78, 5) is 0. The fraction of sp³-hybridized carbons (Fsp3) is 1.00. The van der Waals surface area contributed by atoms with E-state index in [1.54, 1.807) is 14.0 Å². The highest BCUT2D eigenvalue weighted by Crippen LogP contribution is 2.07. The van der Waals surface area contributed by atoms with E-state index in [0.29, 0.717) is 0 Å². The number of unbranched alkanes of at least 4 members (excludes halogenated alkanes) is 1. The Labute approximate surface area is 63.2 Å². The Hall–Kier alpha value is -0.0800. The number of ether oxygens (including phenoxy) is 1. The molecule has 0 saturated heterocycles. The Morgan fingerprint density at radius 2 is 2.10 bits per heavy atom. The number of hydrogen-bond acceptors (Lipinski definition) is 2. The summed E-state index contributed by atoms with van der Waals surface area (Å²) in [5.41, 5.74) is 0. The van der Waals surface area contributed by atoms with Gasteiger partial charge in [-0.25, -0.2) is 0 Å². The van der Waals surface area contributed by atoms with Crippen molar-refractivity contribution in [3.05, 3.63) is 0 Å². The molecule has 0 heterocycles. The van der Waals surface area contributed by atoms with Gasteiger partial charge in [-0.15, -0.1) is 0 Å². The Morgan fingerprint density at radius 1 is 1.50 bits per heavy atom. The van der Waals surface area contributed by atoms with Crippen molar-refractivity contribution in [3.8, 4) is 0 Å². The van der Waals surface area contributed by atoms with Crippen LogP contribution in [-0.2, 0) is 4.74 Å². The van der Waals surface area contributed by atoms with Crippen molar-refractivity contribution in [1.29, 1.82) is 0 Å². The summed E-state index contributed by atoms with van der Waals surface area (Å²) in [5.74, 6) is 0. The smallest absolute Gasteiger partial charge is 0.0827 e. The van der Waals surface area contributed by atoms with E-state index < -0.39 is 0 Å². The fourth-order valence-electron chi connectivity index (χ4n) is 0.961. The maximum Gasteiger partial charge on any atom is 0.0827 e. The van der Waals surface area contributed by atoms with Gasteiger partial charge in [-0.2, -0.15) is 0 Å². The number of hydrogen-bond donors (Lipinski definition) is 1. The molecule has 0 rings (SSSR count). The topological polar surface area (TPSA) is 29.5 Å². The quantitative estimate of drug-likeness (QED) is 0.638. The molecule has 0 aromatic rings. The Balaban J connectivity index is 3.40. The molecule has 2 unspecified atom stereocenters. The summed E-state index contributed by atoms with van der Waals surface area (Å²) in [5, 5.41) is 9.11. The predicted octanol–water partition coefficient (Wildman–Crippen LogP) is 1.57. The van der Waals surface area contributed by atoms with Gasteiger partial charge in [-0.3, -0.25) is 0 Å². The summed E-state index contributed by atoms with van der Waals surface area (Å²) in [6.45, 7) is 3.90. The third kappa shape index (κ3) is 3.85. The molecule has 1 N–H and O–H groups in total. The summed E-state index contributed by atoms with van der Waals surface area (Å²) in [6.07, 6.45) is 2.94. The van der Waals surface area contributed by atoms with Crippen LogP contribution in [0.15, 0.2) is 0 Å². The summed E-state index contributed by atoms with van der Waals surface area (Å²) in [6, 6.07) is 0. The highest BCUT2D eigenvalue weighted by molar-refractivity contribution is 4.62. The normalized spacial score (nSPS) is 16.8. The van der Waals surface area contributed by atoms with Gasteiger partial charge in [-0.1, -0.05) is 19.8 Å². The molecule has 62 valence electrons. The second-order valence-corrected chi connectivity index (χ2v) is 2.66. The number of aliphatic hydroxyl groups is 1. The average molecular weight is 146 g/mol. The van der Waals surface area contributed by atoms with E-state index in [-0.39, 0.29) is 12.2 Å². The number of methoxy groups -OCH3 is 1. The van der Waals surface area contributed by atoms with Crippen LogP contribution in [-0.4, -0.2) is 24.4 Å². The van der Waals surface area contributed by atoms with Crippen LogP contribution >= 0.6 is 0 Å². The van der Waals surface area contributed by atoms with Crippen molar-refractivity contribution in [2.45, 2.75) is 45.3 Å². The Bertz CT molecular complexity index is 71.7. The maximum atomic E-state index is 9.11. The minimum atomic E-state index is -0.337. The summed E-state index contributed by atoms with van der Waals surface area (Å²) < 4.78 is 5.06. The summed E-state index contributed by atoms with van der Waals surface area (Å²) >= 11 is 0. The molecule has 0 amide bonds. The van der Waals surface area contributed by atoms with Gasteiger partial charge in [0.1, 0.15) is 0 Å². The first kappa shape index (κ1) is 9.92. The van der Waals surface area contributed by atoms with Gasteiger partial charge in [-0.05, 0) is 13.3 Å². The molecule has 0 aliphatic carbocycles. The zero-order valence-electron chi connectivity index (χ0n) is 7.13. The molecule has 0 bridgehead atoms. The standard InChI is InChI=1S/C8H18O2/c1-4-5-6-8(10-3)7(2)9/h7-9H,4-6H2,1-3H3. The molecular formula is C8H18O2.